The zero-order valence-corrected chi connectivity index (χ0v) is 11.1. The summed E-state index contributed by atoms with van der Waals surface area (Å²) in [7, 11) is 1.78. The summed E-state index contributed by atoms with van der Waals surface area (Å²) in [6.07, 6.45) is 4.84. The van der Waals surface area contributed by atoms with Crippen LogP contribution in [0.25, 0.3) is 0 Å². The van der Waals surface area contributed by atoms with Crippen LogP contribution in [-0.4, -0.2) is 18.1 Å². The largest absolute Gasteiger partial charge is 0.478 e. The summed E-state index contributed by atoms with van der Waals surface area (Å²) in [6, 6.07) is 0. The lowest BCUT2D eigenvalue weighted by atomic mass is 9.76. The molecule has 1 heterocycles. The molecule has 0 aliphatic heterocycles. The van der Waals surface area contributed by atoms with Gasteiger partial charge in [-0.05, 0) is 29.2 Å². The maximum absolute atomic E-state index is 11.4. The summed E-state index contributed by atoms with van der Waals surface area (Å²) in [5.41, 5.74) is 1.54. The first-order valence-electron chi connectivity index (χ1n) is 6.17. The molecular formula is C13H19NO2S. The van der Waals surface area contributed by atoms with Crippen LogP contribution in [0.2, 0.25) is 0 Å². The molecule has 2 N–H and O–H groups in total. The molecule has 0 aromatic carbocycles. The smallest absolute Gasteiger partial charge is 0.338 e. The fourth-order valence-electron chi connectivity index (χ4n) is 2.83. The third-order valence-electron chi connectivity index (χ3n) is 3.77. The van der Waals surface area contributed by atoms with Gasteiger partial charge in [-0.2, -0.15) is 0 Å². The molecule has 1 aliphatic rings. The molecule has 3 nitrogen and oxygen atoms in total. The van der Waals surface area contributed by atoms with E-state index >= 15 is 0 Å². The normalized spacial score (nSPS) is 24.6. The van der Waals surface area contributed by atoms with E-state index in [0.29, 0.717) is 17.4 Å². The van der Waals surface area contributed by atoms with Crippen LogP contribution in [-0.2, 0) is 0 Å². The van der Waals surface area contributed by atoms with Crippen molar-refractivity contribution >= 4 is 22.3 Å². The molecule has 1 aromatic rings. The first kappa shape index (κ1) is 12.4. The lowest BCUT2D eigenvalue weighted by molar-refractivity contribution is 0.0696. The topological polar surface area (TPSA) is 49.3 Å². The predicted molar refractivity (Wildman–Crippen MR) is 71.2 cm³/mol. The summed E-state index contributed by atoms with van der Waals surface area (Å²) in [5, 5.41) is 15.2. The van der Waals surface area contributed by atoms with Gasteiger partial charge in [-0.15, -0.1) is 11.3 Å². The Bertz CT molecular complexity index is 414. The molecule has 0 amide bonds. The van der Waals surface area contributed by atoms with Gasteiger partial charge in [-0.25, -0.2) is 4.79 Å². The zero-order valence-electron chi connectivity index (χ0n) is 10.3. The maximum Gasteiger partial charge on any atom is 0.338 e. The Morgan fingerprint density at radius 1 is 1.47 bits per heavy atom. The number of nitrogens with one attached hydrogen (secondary N) is 1. The van der Waals surface area contributed by atoms with Gasteiger partial charge in [0.15, 0.2) is 0 Å². The van der Waals surface area contributed by atoms with Gasteiger partial charge < -0.3 is 10.4 Å². The Balaban J connectivity index is 2.37. The molecule has 17 heavy (non-hydrogen) atoms. The van der Waals surface area contributed by atoms with E-state index in [1.165, 1.54) is 30.6 Å². The van der Waals surface area contributed by atoms with Crippen molar-refractivity contribution in [2.75, 3.05) is 12.4 Å². The first-order chi connectivity index (χ1) is 8.15. The Kier molecular flexibility index (Phi) is 3.72. The average molecular weight is 253 g/mol. The Morgan fingerprint density at radius 2 is 2.18 bits per heavy atom. The summed E-state index contributed by atoms with van der Waals surface area (Å²) in [4.78, 5) is 11.4. The molecule has 1 fully saturated rings. The Hall–Kier alpha value is -1.03. The third kappa shape index (κ3) is 2.32. The number of hydrogen-bond acceptors (Lipinski definition) is 3. The zero-order chi connectivity index (χ0) is 12.4. The van der Waals surface area contributed by atoms with Crippen molar-refractivity contribution in [2.24, 2.45) is 5.92 Å². The van der Waals surface area contributed by atoms with Gasteiger partial charge in [0, 0.05) is 7.05 Å². The molecule has 1 aliphatic carbocycles. The molecule has 2 unspecified atom stereocenters. The van der Waals surface area contributed by atoms with Gasteiger partial charge in [0.05, 0.1) is 5.56 Å². The second kappa shape index (κ2) is 5.08. The molecule has 4 heteroatoms. The molecular weight excluding hydrogens is 234 g/mol. The molecule has 2 rings (SSSR count). The van der Waals surface area contributed by atoms with Crippen molar-refractivity contribution in [3.05, 3.63) is 16.5 Å². The fourth-order valence-corrected chi connectivity index (χ4v) is 3.81. The monoisotopic (exact) mass is 253 g/mol. The van der Waals surface area contributed by atoms with Crippen LogP contribution in [0.5, 0.6) is 0 Å². The van der Waals surface area contributed by atoms with Crippen LogP contribution in [0.3, 0.4) is 0 Å². The Morgan fingerprint density at radius 3 is 2.76 bits per heavy atom. The SMILES string of the molecule is CNc1scc(C2CCCCC2C)c1C(=O)O. The van der Waals surface area contributed by atoms with E-state index < -0.39 is 5.97 Å². The van der Waals surface area contributed by atoms with E-state index in [0.717, 1.165) is 17.0 Å². The van der Waals surface area contributed by atoms with Crippen LogP contribution in [0.4, 0.5) is 5.00 Å². The van der Waals surface area contributed by atoms with Crippen LogP contribution in [0.15, 0.2) is 5.38 Å². The number of rotatable bonds is 3. The second-order valence-electron chi connectivity index (χ2n) is 4.82. The van der Waals surface area contributed by atoms with E-state index in [4.69, 9.17) is 0 Å². The summed E-state index contributed by atoms with van der Waals surface area (Å²) in [5.74, 6) is 0.220. The second-order valence-corrected chi connectivity index (χ2v) is 5.70. The third-order valence-corrected chi connectivity index (χ3v) is 4.79. The minimum Gasteiger partial charge on any atom is -0.478 e. The van der Waals surface area contributed by atoms with Gasteiger partial charge in [0.1, 0.15) is 5.00 Å². The molecule has 94 valence electrons. The first-order valence-corrected chi connectivity index (χ1v) is 7.05. The fraction of sp³-hybridized carbons (Fsp3) is 0.615. The number of carboxylic acid groups (broad SMARTS) is 1. The highest BCUT2D eigenvalue weighted by Crippen LogP contribution is 2.42. The summed E-state index contributed by atoms with van der Waals surface area (Å²) < 4.78 is 0. The number of thiophene rings is 1. The highest BCUT2D eigenvalue weighted by molar-refractivity contribution is 7.14. The van der Waals surface area contributed by atoms with Gasteiger partial charge >= 0.3 is 5.97 Å². The Labute approximate surface area is 106 Å². The quantitative estimate of drug-likeness (QED) is 0.861. The predicted octanol–water partition coefficient (Wildman–Crippen LogP) is 3.78. The molecule has 0 bridgehead atoms. The van der Waals surface area contributed by atoms with Crippen LogP contribution in [0, 0.1) is 5.92 Å². The highest BCUT2D eigenvalue weighted by atomic mass is 32.1. The van der Waals surface area contributed by atoms with Crippen LogP contribution in [0.1, 0.15) is 54.4 Å². The number of aromatic carboxylic acids is 1. The molecule has 2 atom stereocenters. The van der Waals surface area contributed by atoms with E-state index in [9.17, 15) is 9.90 Å². The lowest BCUT2D eigenvalue weighted by Gasteiger charge is -2.28. The molecule has 1 saturated carbocycles. The van der Waals surface area contributed by atoms with Gasteiger partial charge in [0.2, 0.25) is 0 Å². The van der Waals surface area contributed by atoms with Gasteiger partial charge in [-0.3, -0.25) is 0 Å². The van der Waals surface area contributed by atoms with Crippen molar-refractivity contribution < 1.29 is 9.90 Å². The minimum atomic E-state index is -0.802. The van der Waals surface area contributed by atoms with Crippen LogP contribution < -0.4 is 5.32 Å². The molecule has 0 spiro atoms. The van der Waals surface area contributed by atoms with E-state index in [1.54, 1.807) is 7.05 Å². The van der Waals surface area contributed by atoms with Gasteiger partial charge in [0.25, 0.3) is 0 Å². The minimum absolute atomic E-state index is 0.424. The average Bonchev–Trinajstić information content (AvgIpc) is 2.73. The number of carbonyl (C=O) groups is 1. The molecule has 0 radical (unpaired) electrons. The van der Waals surface area contributed by atoms with E-state index in [-0.39, 0.29) is 0 Å². The van der Waals surface area contributed by atoms with Crippen molar-refractivity contribution in [1.29, 1.82) is 0 Å². The molecule has 1 aromatic heterocycles. The van der Waals surface area contributed by atoms with Gasteiger partial charge in [-0.1, -0.05) is 26.2 Å². The lowest BCUT2D eigenvalue weighted by Crippen LogP contribution is -2.17. The van der Waals surface area contributed by atoms with Crippen molar-refractivity contribution in [3.63, 3.8) is 0 Å². The molecule has 0 saturated heterocycles. The maximum atomic E-state index is 11.4. The van der Waals surface area contributed by atoms with Crippen LogP contribution >= 0.6 is 11.3 Å². The number of carboxylic acids is 1. The standard InChI is InChI=1S/C13H19NO2S/c1-8-5-3-4-6-9(8)10-7-17-12(14-2)11(10)13(15)16/h7-9,14H,3-6H2,1-2H3,(H,15,16). The number of anilines is 1. The highest BCUT2D eigenvalue weighted by Gasteiger charge is 2.29. The van der Waals surface area contributed by atoms with E-state index in [2.05, 4.69) is 12.2 Å². The number of hydrogen-bond donors (Lipinski definition) is 2. The van der Waals surface area contributed by atoms with E-state index in [1.807, 2.05) is 5.38 Å². The summed E-state index contributed by atoms with van der Waals surface area (Å²) >= 11 is 1.51. The summed E-state index contributed by atoms with van der Waals surface area (Å²) in [6.45, 7) is 2.24. The van der Waals surface area contributed by atoms with Crippen molar-refractivity contribution in [1.82, 2.24) is 0 Å². The van der Waals surface area contributed by atoms with Crippen molar-refractivity contribution in [3.8, 4) is 0 Å². The van der Waals surface area contributed by atoms with Crippen molar-refractivity contribution in [2.45, 2.75) is 38.5 Å².